The Hall–Kier alpha value is -1.19. The normalized spacial score (nSPS) is 47.7. The van der Waals surface area contributed by atoms with Crippen molar-refractivity contribution in [1.29, 1.82) is 0 Å². The third-order valence-electron chi connectivity index (χ3n) is 8.30. The minimum Gasteiger partial charge on any atom is -0.370 e. The van der Waals surface area contributed by atoms with Crippen molar-refractivity contribution in [2.45, 2.75) is 71.1 Å². The molecule has 0 aliphatic heterocycles. The van der Waals surface area contributed by atoms with E-state index in [0.717, 1.165) is 32.1 Å². The lowest BCUT2D eigenvalue weighted by atomic mass is 9.44. The number of carbonyl (C=O) groups is 3. The number of rotatable bonds is 2. The largest absolute Gasteiger partial charge is 0.370 e. The van der Waals surface area contributed by atoms with Gasteiger partial charge < -0.3 is 5.73 Å². The number of primary amides is 1. The van der Waals surface area contributed by atoms with Gasteiger partial charge in [0.15, 0.2) is 0 Å². The fourth-order valence-electron chi connectivity index (χ4n) is 7.31. The first-order valence-corrected chi connectivity index (χ1v) is 9.73. The molecule has 0 heterocycles. The summed E-state index contributed by atoms with van der Waals surface area (Å²) in [6.07, 6.45) is 8.62. The molecule has 4 aliphatic carbocycles. The van der Waals surface area contributed by atoms with Gasteiger partial charge in [0.25, 0.3) is 0 Å². The van der Waals surface area contributed by atoms with Gasteiger partial charge in [-0.05, 0) is 55.3 Å². The van der Waals surface area contributed by atoms with Crippen LogP contribution in [0, 0.1) is 34.5 Å². The Morgan fingerprint density at radius 3 is 2.67 bits per heavy atom. The van der Waals surface area contributed by atoms with E-state index < -0.39 is 5.41 Å². The summed E-state index contributed by atoms with van der Waals surface area (Å²) < 4.78 is 0. The molecule has 1 amide bonds. The van der Waals surface area contributed by atoms with E-state index in [-0.39, 0.29) is 41.3 Å². The monoisotopic (exact) mass is 331 g/mol. The number of ketones is 2. The van der Waals surface area contributed by atoms with Gasteiger partial charge in [-0.1, -0.05) is 19.8 Å². The zero-order valence-electron chi connectivity index (χ0n) is 14.7. The molecule has 0 aromatic rings. The molecular formula is C20H29NO3. The highest BCUT2D eigenvalue weighted by atomic mass is 16.1. The molecule has 0 aromatic carbocycles. The summed E-state index contributed by atoms with van der Waals surface area (Å²) in [5.41, 5.74) is 5.07. The number of amides is 1. The Labute approximate surface area is 143 Å². The van der Waals surface area contributed by atoms with Crippen molar-refractivity contribution in [3.8, 4) is 0 Å². The van der Waals surface area contributed by atoms with Gasteiger partial charge in [-0.25, -0.2) is 0 Å². The van der Waals surface area contributed by atoms with Crippen molar-refractivity contribution < 1.29 is 14.4 Å². The number of fused-ring (bicyclic) bond motifs is 5. The molecule has 4 saturated carbocycles. The number of hydrogen-bond donors (Lipinski definition) is 1. The molecule has 0 spiro atoms. The predicted molar refractivity (Wildman–Crippen MR) is 89.9 cm³/mol. The van der Waals surface area contributed by atoms with Crippen LogP contribution in [0.5, 0.6) is 0 Å². The highest BCUT2D eigenvalue weighted by Gasteiger charge is 2.63. The Kier molecular flexibility index (Phi) is 3.67. The third-order valence-corrected chi connectivity index (χ3v) is 8.30. The van der Waals surface area contributed by atoms with Crippen LogP contribution in [-0.4, -0.2) is 17.5 Å². The number of Topliss-reactive ketones (excluding diaryl/α,β-unsaturated/α-hetero) is 2. The summed E-state index contributed by atoms with van der Waals surface area (Å²) >= 11 is 0. The molecule has 6 atom stereocenters. The fraction of sp³-hybridized carbons (Fsp3) is 0.850. The summed E-state index contributed by atoms with van der Waals surface area (Å²) in [7, 11) is 0. The lowest BCUT2D eigenvalue weighted by Gasteiger charge is -2.59. The molecular weight excluding hydrogens is 302 g/mol. The maximum Gasteiger partial charge on any atom is 0.218 e. The van der Waals surface area contributed by atoms with Crippen LogP contribution in [0.25, 0.3) is 0 Å². The van der Waals surface area contributed by atoms with Gasteiger partial charge in [-0.15, -0.1) is 0 Å². The summed E-state index contributed by atoms with van der Waals surface area (Å²) in [5, 5.41) is 0. The molecule has 0 saturated heterocycles. The van der Waals surface area contributed by atoms with Gasteiger partial charge in [0.2, 0.25) is 5.91 Å². The van der Waals surface area contributed by atoms with Crippen LogP contribution in [-0.2, 0) is 14.4 Å². The van der Waals surface area contributed by atoms with Gasteiger partial charge in [0, 0.05) is 30.6 Å². The minimum atomic E-state index is -0.550. The molecule has 132 valence electrons. The van der Waals surface area contributed by atoms with Crippen molar-refractivity contribution in [2.75, 3.05) is 0 Å². The Morgan fingerprint density at radius 1 is 1.12 bits per heavy atom. The lowest BCUT2D eigenvalue weighted by Crippen LogP contribution is -2.56. The number of nitrogens with two attached hydrogens (primary N) is 1. The van der Waals surface area contributed by atoms with Gasteiger partial charge in [-0.3, -0.25) is 14.4 Å². The molecule has 4 aliphatic rings. The van der Waals surface area contributed by atoms with Crippen LogP contribution in [0.2, 0.25) is 0 Å². The van der Waals surface area contributed by atoms with E-state index in [9.17, 15) is 14.4 Å². The van der Waals surface area contributed by atoms with Crippen molar-refractivity contribution in [3.05, 3.63) is 0 Å². The van der Waals surface area contributed by atoms with Crippen LogP contribution >= 0.6 is 0 Å². The molecule has 0 radical (unpaired) electrons. The van der Waals surface area contributed by atoms with Crippen LogP contribution in [0.3, 0.4) is 0 Å². The number of carbonyl (C=O) groups excluding carboxylic acids is 3. The standard InChI is InChI=1S/C20H29NO3/c1-19-8-3-2-4-15(19)16(22)10-12-13(19)7-9-20(11-18(21)24)14(12)5-6-17(20)23/h12-15H,2-11H2,1H3,(H2,21,24)/t12-,13+,14+,15?,19-,20-/m1/s1. The Morgan fingerprint density at radius 2 is 1.92 bits per heavy atom. The second-order valence-electron chi connectivity index (χ2n) is 9.15. The summed E-state index contributed by atoms with van der Waals surface area (Å²) in [5.74, 6) is 1.54. The highest BCUT2D eigenvalue weighted by Crippen LogP contribution is 2.65. The maximum absolute atomic E-state index is 12.9. The van der Waals surface area contributed by atoms with E-state index in [4.69, 9.17) is 5.73 Å². The van der Waals surface area contributed by atoms with E-state index in [1.54, 1.807) is 0 Å². The van der Waals surface area contributed by atoms with Gasteiger partial charge in [0.05, 0.1) is 0 Å². The topological polar surface area (TPSA) is 77.2 Å². The van der Waals surface area contributed by atoms with Gasteiger partial charge in [-0.2, -0.15) is 0 Å². The predicted octanol–water partition coefficient (Wildman–Crippen LogP) is 3.02. The second-order valence-corrected chi connectivity index (χ2v) is 9.15. The van der Waals surface area contributed by atoms with E-state index in [1.807, 2.05) is 0 Å². The maximum atomic E-state index is 12.9. The first-order valence-electron chi connectivity index (χ1n) is 9.73. The molecule has 2 N–H and O–H groups in total. The second kappa shape index (κ2) is 5.40. The summed E-state index contributed by atoms with van der Waals surface area (Å²) in [6.45, 7) is 2.34. The molecule has 1 unspecified atom stereocenters. The Balaban J connectivity index is 1.70. The van der Waals surface area contributed by atoms with E-state index in [0.29, 0.717) is 24.5 Å². The van der Waals surface area contributed by atoms with Crippen molar-refractivity contribution in [3.63, 3.8) is 0 Å². The molecule has 4 fully saturated rings. The molecule has 4 rings (SSSR count). The van der Waals surface area contributed by atoms with E-state index in [1.165, 1.54) is 12.8 Å². The first kappa shape index (κ1) is 16.3. The number of hydrogen-bond acceptors (Lipinski definition) is 3. The van der Waals surface area contributed by atoms with E-state index >= 15 is 0 Å². The lowest BCUT2D eigenvalue weighted by molar-refractivity contribution is -0.158. The molecule has 0 aromatic heterocycles. The van der Waals surface area contributed by atoms with Crippen LogP contribution < -0.4 is 5.73 Å². The van der Waals surface area contributed by atoms with Crippen molar-refractivity contribution in [2.24, 2.45) is 40.2 Å². The SMILES string of the molecule is C[C@]12CCCCC1C(=O)C[C@H]1[C@@H]3CCC(=O)[C@@]3(CC(N)=O)CC[C@@H]12. The van der Waals surface area contributed by atoms with Crippen molar-refractivity contribution in [1.82, 2.24) is 0 Å². The average Bonchev–Trinajstić information content (AvgIpc) is 2.84. The molecule has 4 heteroatoms. The molecule has 24 heavy (non-hydrogen) atoms. The van der Waals surface area contributed by atoms with Crippen LogP contribution in [0.1, 0.15) is 71.1 Å². The minimum absolute atomic E-state index is 0.114. The van der Waals surface area contributed by atoms with E-state index in [2.05, 4.69) is 6.92 Å². The quantitative estimate of drug-likeness (QED) is 0.845. The van der Waals surface area contributed by atoms with Crippen molar-refractivity contribution >= 4 is 17.5 Å². The van der Waals surface area contributed by atoms with Crippen LogP contribution in [0.4, 0.5) is 0 Å². The molecule has 0 bridgehead atoms. The average molecular weight is 331 g/mol. The summed E-state index contributed by atoms with van der Waals surface area (Å²) in [4.78, 5) is 37.3. The molecule has 4 nitrogen and oxygen atoms in total. The van der Waals surface area contributed by atoms with Crippen LogP contribution in [0.15, 0.2) is 0 Å². The highest BCUT2D eigenvalue weighted by molar-refractivity contribution is 5.92. The van der Waals surface area contributed by atoms with Gasteiger partial charge >= 0.3 is 0 Å². The van der Waals surface area contributed by atoms with Gasteiger partial charge in [0.1, 0.15) is 11.6 Å². The first-order chi connectivity index (χ1) is 11.4. The Bertz CT molecular complexity index is 600. The fourth-order valence-corrected chi connectivity index (χ4v) is 7.31. The summed E-state index contributed by atoms with van der Waals surface area (Å²) in [6, 6.07) is 0. The zero-order valence-corrected chi connectivity index (χ0v) is 14.7. The smallest absolute Gasteiger partial charge is 0.218 e. The third kappa shape index (κ3) is 2.07. The zero-order chi connectivity index (χ0) is 17.1.